The highest BCUT2D eigenvalue weighted by Gasteiger charge is 2.09. The quantitative estimate of drug-likeness (QED) is 0.796. The molecule has 1 aromatic heterocycles. The van der Waals surface area contributed by atoms with Crippen molar-refractivity contribution in [3.8, 4) is 0 Å². The van der Waals surface area contributed by atoms with Gasteiger partial charge in [-0.2, -0.15) is 0 Å². The number of hydrogen-bond acceptors (Lipinski definition) is 2. The summed E-state index contributed by atoms with van der Waals surface area (Å²) < 4.78 is 0. The van der Waals surface area contributed by atoms with E-state index in [2.05, 4.69) is 31.8 Å². The number of unbranched alkanes of at least 4 members (excludes halogenated alkanes) is 1. The zero-order valence-electron chi connectivity index (χ0n) is 9.38. The summed E-state index contributed by atoms with van der Waals surface area (Å²) in [6, 6.07) is 2.25. The summed E-state index contributed by atoms with van der Waals surface area (Å²) in [7, 11) is 0. The Kier molecular flexibility index (Phi) is 4.08. The zero-order chi connectivity index (χ0) is 10.6. The van der Waals surface area contributed by atoms with Crippen molar-refractivity contribution in [3.63, 3.8) is 0 Å². The monoisotopic (exact) mass is 192 g/mol. The van der Waals surface area contributed by atoms with E-state index >= 15 is 0 Å². The lowest BCUT2D eigenvalue weighted by atomic mass is 10.0. The summed E-state index contributed by atoms with van der Waals surface area (Å²) in [6.45, 7) is 6.32. The van der Waals surface area contributed by atoms with Gasteiger partial charge in [0, 0.05) is 12.2 Å². The number of pyridine rings is 1. The fraction of sp³-hybridized carbons (Fsp3) is 0.583. The van der Waals surface area contributed by atoms with Gasteiger partial charge in [0.15, 0.2) is 0 Å². The van der Waals surface area contributed by atoms with E-state index in [1.165, 1.54) is 24.0 Å². The van der Waals surface area contributed by atoms with Gasteiger partial charge in [-0.1, -0.05) is 25.8 Å². The average Bonchev–Trinajstić information content (AvgIpc) is 2.14. The highest BCUT2D eigenvalue weighted by atomic mass is 14.8. The van der Waals surface area contributed by atoms with Gasteiger partial charge in [-0.3, -0.25) is 4.98 Å². The minimum absolute atomic E-state index is 0.107. The first-order valence-electron chi connectivity index (χ1n) is 5.34. The summed E-state index contributed by atoms with van der Waals surface area (Å²) in [5, 5.41) is 0. The van der Waals surface area contributed by atoms with Crippen LogP contribution in [0, 0.1) is 13.8 Å². The molecule has 1 unspecified atom stereocenters. The predicted molar refractivity (Wildman–Crippen MR) is 60.2 cm³/mol. The van der Waals surface area contributed by atoms with Gasteiger partial charge < -0.3 is 5.73 Å². The second kappa shape index (κ2) is 5.11. The van der Waals surface area contributed by atoms with E-state index in [-0.39, 0.29) is 6.04 Å². The van der Waals surface area contributed by atoms with Crippen molar-refractivity contribution in [1.82, 2.24) is 4.98 Å². The third kappa shape index (κ3) is 2.81. The van der Waals surface area contributed by atoms with Gasteiger partial charge in [0.05, 0.1) is 5.69 Å². The normalized spacial score (nSPS) is 12.9. The standard InChI is InChI=1S/C12H20N2/c1-4-5-6-11(13)12-10(3)7-9(2)8-14-12/h7-8,11H,4-6,13H2,1-3H3. The topological polar surface area (TPSA) is 38.9 Å². The van der Waals surface area contributed by atoms with E-state index in [9.17, 15) is 0 Å². The summed E-state index contributed by atoms with van der Waals surface area (Å²) >= 11 is 0. The lowest BCUT2D eigenvalue weighted by Gasteiger charge is -2.13. The fourth-order valence-electron chi connectivity index (χ4n) is 1.67. The van der Waals surface area contributed by atoms with Crippen molar-refractivity contribution in [2.24, 2.45) is 5.73 Å². The van der Waals surface area contributed by atoms with Crippen molar-refractivity contribution < 1.29 is 0 Å². The van der Waals surface area contributed by atoms with E-state index in [1.807, 2.05) is 6.20 Å². The molecule has 0 amide bonds. The number of nitrogens with two attached hydrogens (primary N) is 1. The molecule has 0 saturated carbocycles. The van der Waals surface area contributed by atoms with Crippen LogP contribution < -0.4 is 5.73 Å². The first-order valence-corrected chi connectivity index (χ1v) is 5.34. The van der Waals surface area contributed by atoms with Crippen LogP contribution >= 0.6 is 0 Å². The van der Waals surface area contributed by atoms with E-state index in [0.717, 1.165) is 12.1 Å². The van der Waals surface area contributed by atoms with E-state index in [4.69, 9.17) is 5.73 Å². The van der Waals surface area contributed by atoms with Crippen molar-refractivity contribution >= 4 is 0 Å². The molecule has 0 spiro atoms. The number of hydrogen-bond donors (Lipinski definition) is 1. The van der Waals surface area contributed by atoms with E-state index < -0.39 is 0 Å². The smallest absolute Gasteiger partial charge is 0.0600 e. The summed E-state index contributed by atoms with van der Waals surface area (Å²) in [5.74, 6) is 0. The number of nitrogens with zero attached hydrogens (tertiary/aromatic N) is 1. The van der Waals surface area contributed by atoms with Crippen LogP contribution in [0.3, 0.4) is 0 Å². The molecular weight excluding hydrogens is 172 g/mol. The van der Waals surface area contributed by atoms with Gasteiger partial charge in [-0.15, -0.1) is 0 Å². The number of aromatic nitrogens is 1. The average molecular weight is 192 g/mol. The SMILES string of the molecule is CCCCC(N)c1ncc(C)cc1C. The molecule has 0 saturated heterocycles. The van der Waals surface area contributed by atoms with Crippen LogP contribution in [0.4, 0.5) is 0 Å². The third-order valence-corrected chi connectivity index (χ3v) is 2.48. The molecule has 2 nitrogen and oxygen atoms in total. The Morgan fingerprint density at radius 3 is 2.71 bits per heavy atom. The maximum Gasteiger partial charge on any atom is 0.0600 e. The van der Waals surface area contributed by atoms with Gasteiger partial charge >= 0.3 is 0 Å². The molecule has 2 N–H and O–H groups in total. The molecule has 14 heavy (non-hydrogen) atoms. The van der Waals surface area contributed by atoms with Crippen LogP contribution in [0.15, 0.2) is 12.3 Å². The van der Waals surface area contributed by atoms with E-state index in [1.54, 1.807) is 0 Å². The second-order valence-electron chi connectivity index (χ2n) is 3.96. The molecule has 1 heterocycles. The first-order chi connectivity index (χ1) is 6.65. The Labute approximate surface area is 86.5 Å². The summed E-state index contributed by atoms with van der Waals surface area (Å²) in [4.78, 5) is 4.41. The molecular formula is C12H20N2. The highest BCUT2D eigenvalue weighted by Crippen LogP contribution is 2.18. The van der Waals surface area contributed by atoms with Gasteiger partial charge in [0.1, 0.15) is 0 Å². The highest BCUT2D eigenvalue weighted by molar-refractivity contribution is 5.25. The molecule has 0 aromatic carbocycles. The Hall–Kier alpha value is -0.890. The third-order valence-electron chi connectivity index (χ3n) is 2.48. The van der Waals surface area contributed by atoms with Crippen LogP contribution in [0.2, 0.25) is 0 Å². The van der Waals surface area contributed by atoms with Gasteiger partial charge in [0.25, 0.3) is 0 Å². The maximum absolute atomic E-state index is 6.07. The molecule has 1 aromatic rings. The molecule has 0 bridgehead atoms. The molecule has 2 heteroatoms. The van der Waals surface area contributed by atoms with Crippen LogP contribution in [-0.2, 0) is 0 Å². The molecule has 1 rings (SSSR count). The Morgan fingerprint density at radius 1 is 1.43 bits per heavy atom. The first kappa shape index (κ1) is 11.2. The fourth-order valence-corrected chi connectivity index (χ4v) is 1.67. The molecule has 0 aliphatic rings. The van der Waals surface area contributed by atoms with Crippen molar-refractivity contribution in [2.45, 2.75) is 46.1 Å². The summed E-state index contributed by atoms with van der Waals surface area (Å²) in [6.07, 6.45) is 5.30. The molecule has 78 valence electrons. The number of aryl methyl sites for hydroxylation is 2. The predicted octanol–water partition coefficient (Wildman–Crippen LogP) is 2.89. The van der Waals surface area contributed by atoms with Gasteiger partial charge in [0.2, 0.25) is 0 Å². The second-order valence-corrected chi connectivity index (χ2v) is 3.96. The Morgan fingerprint density at radius 2 is 2.14 bits per heavy atom. The molecule has 0 fully saturated rings. The van der Waals surface area contributed by atoms with Crippen LogP contribution in [0.5, 0.6) is 0 Å². The van der Waals surface area contributed by atoms with Crippen molar-refractivity contribution in [2.75, 3.05) is 0 Å². The van der Waals surface area contributed by atoms with Crippen LogP contribution in [-0.4, -0.2) is 4.98 Å². The Bertz CT molecular complexity index is 294. The molecule has 0 aliphatic carbocycles. The zero-order valence-corrected chi connectivity index (χ0v) is 9.38. The van der Waals surface area contributed by atoms with Crippen molar-refractivity contribution in [3.05, 3.63) is 29.1 Å². The maximum atomic E-state index is 6.07. The summed E-state index contributed by atoms with van der Waals surface area (Å²) in [5.41, 5.74) is 9.55. The largest absolute Gasteiger partial charge is 0.323 e. The minimum Gasteiger partial charge on any atom is -0.323 e. The molecule has 0 radical (unpaired) electrons. The molecule has 0 aliphatic heterocycles. The molecule has 1 atom stereocenters. The Balaban J connectivity index is 2.74. The number of rotatable bonds is 4. The van der Waals surface area contributed by atoms with Crippen molar-refractivity contribution in [1.29, 1.82) is 0 Å². The lowest BCUT2D eigenvalue weighted by Crippen LogP contribution is -2.13. The van der Waals surface area contributed by atoms with Gasteiger partial charge in [-0.25, -0.2) is 0 Å². The van der Waals surface area contributed by atoms with E-state index in [0.29, 0.717) is 0 Å². The minimum atomic E-state index is 0.107. The van der Waals surface area contributed by atoms with Crippen LogP contribution in [0.1, 0.15) is 49.0 Å². The lowest BCUT2D eigenvalue weighted by molar-refractivity contribution is 0.587. The van der Waals surface area contributed by atoms with Crippen LogP contribution in [0.25, 0.3) is 0 Å². The van der Waals surface area contributed by atoms with Gasteiger partial charge in [-0.05, 0) is 31.4 Å².